The van der Waals surface area contributed by atoms with Gasteiger partial charge in [0, 0.05) is 24.4 Å². The van der Waals surface area contributed by atoms with Gasteiger partial charge in [-0.25, -0.2) is 0 Å². The van der Waals surface area contributed by atoms with E-state index in [4.69, 9.17) is 14.5 Å². The first-order valence-electron chi connectivity index (χ1n) is 8.74. The number of fused-ring (bicyclic) bond motifs is 1. The number of guanidine groups is 1. The van der Waals surface area contributed by atoms with E-state index in [1.165, 1.54) is 24.8 Å². The summed E-state index contributed by atoms with van der Waals surface area (Å²) in [5.41, 5.74) is 1.22. The number of nitrogens with zero attached hydrogens (tertiary/aromatic N) is 1. The molecule has 1 fully saturated rings. The molecule has 2 N–H and O–H groups in total. The van der Waals surface area contributed by atoms with Crippen molar-refractivity contribution in [1.82, 2.24) is 10.6 Å². The van der Waals surface area contributed by atoms with Crippen LogP contribution in [0.1, 0.15) is 31.7 Å². The molecular weight excluding hydrogens is 322 g/mol. The lowest BCUT2D eigenvalue weighted by atomic mass is 10.1. The highest BCUT2D eigenvalue weighted by Crippen LogP contribution is 2.32. The number of hydrogen-bond donors (Lipinski definition) is 2. The lowest BCUT2D eigenvalue weighted by Crippen LogP contribution is -2.42. The van der Waals surface area contributed by atoms with Gasteiger partial charge in [0.2, 0.25) is 6.79 Å². The number of hydrogen-bond acceptors (Lipinski definition) is 4. The Labute approximate surface area is 148 Å². The monoisotopic (exact) mass is 349 g/mol. The lowest BCUT2D eigenvalue weighted by Gasteiger charge is -2.17. The number of thioether (sulfide) groups is 1. The topological polar surface area (TPSA) is 54.9 Å². The molecule has 0 spiro atoms. The average molecular weight is 350 g/mol. The molecule has 1 aromatic rings. The summed E-state index contributed by atoms with van der Waals surface area (Å²) in [6.07, 6.45) is 6.87. The van der Waals surface area contributed by atoms with Gasteiger partial charge >= 0.3 is 0 Å². The second-order valence-corrected chi connectivity index (χ2v) is 7.35. The molecule has 2 atom stereocenters. The fourth-order valence-corrected chi connectivity index (χ4v) is 3.99. The molecule has 5 nitrogen and oxygen atoms in total. The summed E-state index contributed by atoms with van der Waals surface area (Å²) in [6, 6.07) is 6.67. The van der Waals surface area contributed by atoms with Crippen molar-refractivity contribution in [2.75, 3.05) is 26.1 Å². The molecule has 132 valence electrons. The normalized spacial score (nSPS) is 22.7. The second kappa shape index (κ2) is 8.51. The molecule has 0 saturated heterocycles. The Morgan fingerprint density at radius 3 is 2.96 bits per heavy atom. The summed E-state index contributed by atoms with van der Waals surface area (Å²) < 4.78 is 10.8. The zero-order valence-corrected chi connectivity index (χ0v) is 15.3. The van der Waals surface area contributed by atoms with Crippen LogP contribution in [0.25, 0.3) is 0 Å². The number of ether oxygens (including phenoxy) is 2. The van der Waals surface area contributed by atoms with Crippen LogP contribution in [0.5, 0.6) is 11.5 Å². The zero-order chi connectivity index (χ0) is 16.8. The molecule has 24 heavy (non-hydrogen) atoms. The maximum atomic E-state index is 5.43. The van der Waals surface area contributed by atoms with Crippen molar-refractivity contribution in [3.05, 3.63) is 23.8 Å². The summed E-state index contributed by atoms with van der Waals surface area (Å²) in [5, 5.41) is 7.74. The maximum Gasteiger partial charge on any atom is 0.231 e. The van der Waals surface area contributed by atoms with Crippen LogP contribution in [0.3, 0.4) is 0 Å². The molecule has 0 radical (unpaired) electrons. The molecule has 2 unspecified atom stereocenters. The van der Waals surface area contributed by atoms with Gasteiger partial charge < -0.3 is 20.1 Å². The summed E-state index contributed by atoms with van der Waals surface area (Å²) in [6.45, 7) is 4.07. The van der Waals surface area contributed by atoms with E-state index < -0.39 is 0 Å². The fourth-order valence-electron chi connectivity index (χ4n) is 3.19. The van der Waals surface area contributed by atoms with Gasteiger partial charge in [-0.3, -0.25) is 4.99 Å². The Morgan fingerprint density at radius 2 is 2.17 bits per heavy atom. The SMILES string of the molecule is CCNC(=NCCc1ccc2c(c1)OCO2)NC1CCC(SC)C1. The first kappa shape index (κ1) is 17.3. The maximum absolute atomic E-state index is 5.43. The minimum atomic E-state index is 0.323. The van der Waals surface area contributed by atoms with Crippen molar-refractivity contribution in [2.24, 2.45) is 4.99 Å². The summed E-state index contributed by atoms with van der Waals surface area (Å²) in [5.74, 6) is 2.61. The Bertz CT molecular complexity index is 579. The van der Waals surface area contributed by atoms with Crippen LogP contribution in [0.2, 0.25) is 0 Å². The molecule has 6 heteroatoms. The molecule has 0 aromatic heterocycles. The van der Waals surface area contributed by atoms with Crippen molar-refractivity contribution in [1.29, 1.82) is 0 Å². The van der Waals surface area contributed by atoms with E-state index in [0.29, 0.717) is 12.8 Å². The lowest BCUT2D eigenvalue weighted by molar-refractivity contribution is 0.174. The molecule has 1 saturated carbocycles. The number of benzene rings is 1. The molecule has 0 amide bonds. The Kier molecular flexibility index (Phi) is 6.12. The van der Waals surface area contributed by atoms with Crippen LogP contribution in [0.15, 0.2) is 23.2 Å². The van der Waals surface area contributed by atoms with Crippen LogP contribution in [-0.2, 0) is 6.42 Å². The molecule has 2 aliphatic rings. The zero-order valence-electron chi connectivity index (χ0n) is 14.5. The van der Waals surface area contributed by atoms with Gasteiger partial charge in [0.15, 0.2) is 17.5 Å². The third-order valence-corrected chi connectivity index (χ3v) is 5.61. The molecule has 1 aromatic carbocycles. The summed E-state index contributed by atoms with van der Waals surface area (Å²) >= 11 is 1.98. The Hall–Kier alpha value is -1.56. The van der Waals surface area contributed by atoms with Gasteiger partial charge in [0.25, 0.3) is 0 Å². The number of nitrogens with one attached hydrogen (secondary N) is 2. The fraction of sp³-hybridized carbons (Fsp3) is 0.611. The van der Waals surface area contributed by atoms with Crippen molar-refractivity contribution >= 4 is 17.7 Å². The van der Waals surface area contributed by atoms with Gasteiger partial charge in [-0.1, -0.05) is 6.07 Å². The highest BCUT2D eigenvalue weighted by Gasteiger charge is 2.24. The van der Waals surface area contributed by atoms with Crippen LogP contribution in [0, 0.1) is 0 Å². The van der Waals surface area contributed by atoms with Crippen molar-refractivity contribution in [2.45, 2.75) is 43.9 Å². The molecular formula is C18H27N3O2S. The summed E-state index contributed by atoms with van der Waals surface area (Å²) in [7, 11) is 0. The van der Waals surface area contributed by atoms with E-state index in [0.717, 1.165) is 42.2 Å². The van der Waals surface area contributed by atoms with Crippen molar-refractivity contribution < 1.29 is 9.47 Å². The quantitative estimate of drug-likeness (QED) is 0.611. The van der Waals surface area contributed by atoms with E-state index in [2.05, 4.69) is 35.9 Å². The van der Waals surface area contributed by atoms with Gasteiger partial charge in [-0.05, 0) is 56.6 Å². The number of rotatable bonds is 6. The largest absolute Gasteiger partial charge is 0.454 e. The number of aliphatic imine (C=N–C) groups is 1. The predicted octanol–water partition coefficient (Wildman–Crippen LogP) is 2.80. The molecule has 1 aliphatic carbocycles. The molecule has 0 bridgehead atoms. The van der Waals surface area contributed by atoms with E-state index in [1.807, 2.05) is 17.8 Å². The minimum absolute atomic E-state index is 0.323. The highest BCUT2D eigenvalue weighted by atomic mass is 32.2. The van der Waals surface area contributed by atoms with Crippen LogP contribution >= 0.6 is 11.8 Å². The second-order valence-electron chi connectivity index (χ2n) is 6.21. The van der Waals surface area contributed by atoms with Gasteiger partial charge in [-0.15, -0.1) is 0 Å². The first-order valence-corrected chi connectivity index (χ1v) is 10.0. The van der Waals surface area contributed by atoms with E-state index in [9.17, 15) is 0 Å². The third-order valence-electron chi connectivity index (χ3n) is 4.51. The molecule has 1 heterocycles. The van der Waals surface area contributed by atoms with Crippen LogP contribution in [-0.4, -0.2) is 43.4 Å². The standard InChI is InChI=1S/C18H27N3O2S/c1-3-19-18(21-14-5-6-15(11-14)24-2)20-9-8-13-4-7-16-17(10-13)23-12-22-16/h4,7,10,14-15H,3,5-6,8-9,11-12H2,1-2H3,(H2,19,20,21). The Balaban J connectivity index is 1.52. The van der Waals surface area contributed by atoms with Gasteiger partial charge in [0.05, 0.1) is 0 Å². The first-order chi connectivity index (χ1) is 11.8. The van der Waals surface area contributed by atoms with Gasteiger partial charge in [0.1, 0.15) is 0 Å². The van der Waals surface area contributed by atoms with Crippen LogP contribution in [0.4, 0.5) is 0 Å². The highest BCUT2D eigenvalue weighted by molar-refractivity contribution is 7.99. The van der Waals surface area contributed by atoms with Gasteiger partial charge in [-0.2, -0.15) is 11.8 Å². The average Bonchev–Trinajstić information content (AvgIpc) is 3.23. The smallest absolute Gasteiger partial charge is 0.231 e. The molecule has 3 rings (SSSR count). The van der Waals surface area contributed by atoms with E-state index >= 15 is 0 Å². The van der Waals surface area contributed by atoms with Crippen molar-refractivity contribution in [3.63, 3.8) is 0 Å². The van der Waals surface area contributed by atoms with E-state index in [-0.39, 0.29) is 0 Å². The Morgan fingerprint density at radius 1 is 1.29 bits per heavy atom. The van der Waals surface area contributed by atoms with E-state index in [1.54, 1.807) is 0 Å². The summed E-state index contributed by atoms with van der Waals surface area (Å²) in [4.78, 5) is 4.73. The van der Waals surface area contributed by atoms with Crippen molar-refractivity contribution in [3.8, 4) is 11.5 Å². The minimum Gasteiger partial charge on any atom is -0.454 e. The third kappa shape index (κ3) is 4.50. The molecule has 1 aliphatic heterocycles. The van der Waals surface area contributed by atoms with Crippen LogP contribution < -0.4 is 20.1 Å². The predicted molar refractivity (Wildman–Crippen MR) is 100 cm³/mol.